The number of hydrogen-bond acceptors (Lipinski definition) is 4. The summed E-state index contributed by atoms with van der Waals surface area (Å²) in [6.07, 6.45) is 5.16. The minimum atomic E-state index is 0.127. The maximum atomic E-state index is 10.7. The Labute approximate surface area is 125 Å². The molecule has 4 heteroatoms. The molecule has 1 saturated heterocycles. The molecule has 0 spiro atoms. The Bertz CT molecular complexity index is 620. The number of rotatable bonds is 4. The average Bonchev–Trinajstić information content (AvgIpc) is 2.55. The average molecular weight is 283 g/mol. The second-order valence-electron chi connectivity index (χ2n) is 5.97. The van der Waals surface area contributed by atoms with Crippen molar-refractivity contribution in [2.24, 2.45) is 5.92 Å². The second-order valence-corrected chi connectivity index (χ2v) is 5.97. The van der Waals surface area contributed by atoms with Crippen molar-refractivity contribution >= 4 is 17.3 Å². The second kappa shape index (κ2) is 6.31. The van der Waals surface area contributed by atoms with Crippen LogP contribution >= 0.6 is 0 Å². The fourth-order valence-electron chi connectivity index (χ4n) is 3.03. The number of benzene rings is 1. The van der Waals surface area contributed by atoms with Crippen LogP contribution in [0.5, 0.6) is 0 Å². The van der Waals surface area contributed by atoms with Gasteiger partial charge in [0.2, 0.25) is 0 Å². The molecule has 0 amide bonds. The largest absolute Gasteiger partial charge is 0.303 e. The summed E-state index contributed by atoms with van der Waals surface area (Å²) >= 11 is 0. The molecule has 110 valence electrons. The van der Waals surface area contributed by atoms with Crippen molar-refractivity contribution in [3.63, 3.8) is 0 Å². The molecule has 0 N–H and O–H groups in total. The Morgan fingerprint density at radius 3 is 2.71 bits per heavy atom. The van der Waals surface area contributed by atoms with E-state index in [9.17, 15) is 4.79 Å². The molecule has 3 rings (SSSR count). The summed E-state index contributed by atoms with van der Waals surface area (Å²) in [6.45, 7) is 4.93. The molecule has 1 fully saturated rings. The highest BCUT2D eigenvalue weighted by Gasteiger charge is 2.22. The van der Waals surface area contributed by atoms with Crippen LogP contribution in [0.4, 0.5) is 0 Å². The molecular formula is C17H21N3O. The first kappa shape index (κ1) is 14.1. The first-order valence-electron chi connectivity index (χ1n) is 7.65. The van der Waals surface area contributed by atoms with Crippen molar-refractivity contribution in [3.05, 3.63) is 36.2 Å². The van der Waals surface area contributed by atoms with Crippen molar-refractivity contribution in [2.75, 3.05) is 19.6 Å². The number of carbonyl (C=O) groups excluding carboxylic acids is 1. The Hall–Kier alpha value is -1.81. The quantitative estimate of drug-likeness (QED) is 0.809. The third-order valence-corrected chi connectivity index (χ3v) is 4.25. The van der Waals surface area contributed by atoms with Crippen LogP contribution in [0, 0.1) is 5.92 Å². The van der Waals surface area contributed by atoms with Gasteiger partial charge in [-0.25, -0.2) is 4.98 Å². The molecule has 2 aromatic rings. The molecule has 0 saturated carbocycles. The molecule has 0 radical (unpaired) electrons. The zero-order valence-electron chi connectivity index (χ0n) is 12.4. The monoisotopic (exact) mass is 283 g/mol. The van der Waals surface area contributed by atoms with Gasteiger partial charge in [0.25, 0.3) is 0 Å². The summed E-state index contributed by atoms with van der Waals surface area (Å²) in [6, 6.07) is 8.01. The number of hydrogen-bond donors (Lipinski definition) is 0. The fraction of sp³-hybridized carbons (Fsp3) is 0.471. The van der Waals surface area contributed by atoms with E-state index in [1.165, 1.54) is 0 Å². The van der Waals surface area contributed by atoms with Crippen molar-refractivity contribution in [1.29, 1.82) is 0 Å². The summed E-state index contributed by atoms with van der Waals surface area (Å²) in [5.41, 5.74) is 3.04. The molecular weight excluding hydrogens is 262 g/mol. The van der Waals surface area contributed by atoms with E-state index in [1.807, 2.05) is 37.4 Å². The molecule has 4 nitrogen and oxygen atoms in total. The van der Waals surface area contributed by atoms with Crippen LogP contribution in [0.25, 0.3) is 11.0 Å². The van der Waals surface area contributed by atoms with E-state index in [-0.39, 0.29) is 5.92 Å². The highest BCUT2D eigenvalue weighted by atomic mass is 16.1. The SMILES string of the molecule is CC(C=O)CN1CCC(c2cnc3ccccc3n2)CC1. The molecule has 1 aromatic carbocycles. The smallest absolute Gasteiger partial charge is 0.124 e. The third kappa shape index (κ3) is 3.27. The minimum absolute atomic E-state index is 0.127. The molecule has 1 aromatic heterocycles. The van der Waals surface area contributed by atoms with Gasteiger partial charge in [-0.3, -0.25) is 4.98 Å². The Morgan fingerprint density at radius 1 is 1.29 bits per heavy atom. The summed E-state index contributed by atoms with van der Waals surface area (Å²) in [5, 5.41) is 0. The highest BCUT2D eigenvalue weighted by Crippen LogP contribution is 2.27. The number of carbonyl (C=O) groups is 1. The lowest BCUT2D eigenvalue weighted by Crippen LogP contribution is -2.36. The number of aldehydes is 1. The Morgan fingerprint density at radius 2 is 2.00 bits per heavy atom. The topological polar surface area (TPSA) is 46.1 Å². The molecule has 21 heavy (non-hydrogen) atoms. The summed E-state index contributed by atoms with van der Waals surface area (Å²) in [5.74, 6) is 0.618. The lowest BCUT2D eigenvalue weighted by molar-refractivity contribution is -0.111. The van der Waals surface area contributed by atoms with Gasteiger partial charge in [0.1, 0.15) is 6.29 Å². The third-order valence-electron chi connectivity index (χ3n) is 4.25. The zero-order valence-corrected chi connectivity index (χ0v) is 12.4. The molecule has 1 atom stereocenters. The molecule has 0 bridgehead atoms. The summed E-state index contributed by atoms with van der Waals surface area (Å²) < 4.78 is 0. The minimum Gasteiger partial charge on any atom is -0.303 e. The predicted octanol–water partition coefficient (Wildman–Crippen LogP) is 2.64. The van der Waals surface area contributed by atoms with E-state index in [0.29, 0.717) is 5.92 Å². The van der Waals surface area contributed by atoms with Crippen LogP contribution in [0.1, 0.15) is 31.4 Å². The predicted molar refractivity (Wildman–Crippen MR) is 83.2 cm³/mol. The van der Waals surface area contributed by atoms with Crippen LogP contribution in [0.15, 0.2) is 30.5 Å². The number of likely N-dealkylation sites (tertiary alicyclic amines) is 1. The van der Waals surface area contributed by atoms with Gasteiger partial charge in [-0.1, -0.05) is 19.1 Å². The van der Waals surface area contributed by atoms with Crippen LogP contribution < -0.4 is 0 Å². The van der Waals surface area contributed by atoms with Gasteiger partial charge in [-0.05, 0) is 38.1 Å². The van der Waals surface area contributed by atoms with Gasteiger partial charge in [-0.2, -0.15) is 0 Å². The van der Waals surface area contributed by atoms with Crippen LogP contribution in [0.2, 0.25) is 0 Å². The maximum Gasteiger partial charge on any atom is 0.124 e. The number of para-hydroxylation sites is 2. The van der Waals surface area contributed by atoms with Gasteiger partial charge in [0.05, 0.1) is 16.7 Å². The summed E-state index contributed by atoms with van der Waals surface area (Å²) in [4.78, 5) is 22.4. The first-order valence-corrected chi connectivity index (χ1v) is 7.65. The van der Waals surface area contributed by atoms with Gasteiger partial charge < -0.3 is 9.69 Å². The standard InChI is InChI=1S/C17H21N3O/c1-13(12-21)11-20-8-6-14(7-9-20)17-10-18-15-4-2-3-5-16(15)19-17/h2-5,10,12-14H,6-9,11H2,1H3. The van der Waals surface area contributed by atoms with E-state index < -0.39 is 0 Å². The van der Waals surface area contributed by atoms with Crippen LogP contribution in [0.3, 0.4) is 0 Å². The Kier molecular flexibility index (Phi) is 4.25. The zero-order chi connectivity index (χ0) is 14.7. The first-order chi connectivity index (χ1) is 10.3. The van der Waals surface area contributed by atoms with Crippen LogP contribution in [-0.2, 0) is 4.79 Å². The highest BCUT2D eigenvalue weighted by molar-refractivity contribution is 5.73. The van der Waals surface area contributed by atoms with Gasteiger partial charge >= 0.3 is 0 Å². The van der Waals surface area contributed by atoms with E-state index in [0.717, 1.165) is 55.5 Å². The lowest BCUT2D eigenvalue weighted by atomic mass is 9.93. The van der Waals surface area contributed by atoms with Crippen LogP contribution in [-0.4, -0.2) is 40.8 Å². The Balaban J connectivity index is 1.66. The van der Waals surface area contributed by atoms with Gasteiger partial charge in [0, 0.05) is 24.6 Å². The van der Waals surface area contributed by atoms with Gasteiger partial charge in [0.15, 0.2) is 0 Å². The lowest BCUT2D eigenvalue weighted by Gasteiger charge is -2.32. The number of piperidine rings is 1. The summed E-state index contributed by atoms with van der Waals surface area (Å²) in [7, 11) is 0. The van der Waals surface area contributed by atoms with E-state index in [1.54, 1.807) is 0 Å². The van der Waals surface area contributed by atoms with Crippen molar-refractivity contribution < 1.29 is 4.79 Å². The number of aromatic nitrogens is 2. The maximum absolute atomic E-state index is 10.7. The normalized spacial score (nSPS) is 18.7. The van der Waals surface area contributed by atoms with Gasteiger partial charge in [-0.15, -0.1) is 0 Å². The van der Waals surface area contributed by atoms with E-state index in [2.05, 4.69) is 9.88 Å². The van der Waals surface area contributed by atoms with Crippen molar-refractivity contribution in [2.45, 2.75) is 25.7 Å². The molecule has 1 aliphatic rings. The number of nitrogens with zero attached hydrogens (tertiary/aromatic N) is 3. The molecule has 2 heterocycles. The van der Waals surface area contributed by atoms with Crippen molar-refractivity contribution in [3.8, 4) is 0 Å². The van der Waals surface area contributed by atoms with E-state index >= 15 is 0 Å². The molecule has 0 aliphatic carbocycles. The van der Waals surface area contributed by atoms with E-state index in [4.69, 9.17) is 4.98 Å². The molecule has 1 unspecified atom stereocenters. The molecule has 1 aliphatic heterocycles. The number of fused-ring (bicyclic) bond motifs is 1. The van der Waals surface area contributed by atoms with Crippen molar-refractivity contribution in [1.82, 2.24) is 14.9 Å². The fourth-order valence-corrected chi connectivity index (χ4v) is 3.03.